The highest BCUT2D eigenvalue weighted by Gasteiger charge is 2.18. The number of benzene rings is 2. The van der Waals surface area contributed by atoms with E-state index in [0.29, 0.717) is 16.5 Å². The number of amides is 1. The zero-order chi connectivity index (χ0) is 18.2. The van der Waals surface area contributed by atoms with Gasteiger partial charge in [-0.2, -0.15) is 0 Å². The molecule has 7 heteroatoms. The van der Waals surface area contributed by atoms with Crippen LogP contribution in [0.1, 0.15) is 13.3 Å². The number of ether oxygens (including phenoxy) is 1. The predicted molar refractivity (Wildman–Crippen MR) is 97.4 cm³/mol. The molecule has 1 N–H and O–H groups in total. The Morgan fingerprint density at radius 2 is 1.88 bits per heavy atom. The molecule has 0 saturated carbocycles. The van der Waals surface area contributed by atoms with Crippen molar-refractivity contribution in [3.63, 3.8) is 0 Å². The average molecular weight is 382 g/mol. The Labute approximate surface area is 154 Å². The van der Waals surface area contributed by atoms with Crippen LogP contribution in [0.3, 0.4) is 0 Å². The lowest BCUT2D eigenvalue weighted by Gasteiger charge is -2.14. The van der Waals surface area contributed by atoms with Crippen LogP contribution >= 0.6 is 23.4 Å². The second kappa shape index (κ2) is 9.44. The molecule has 4 nitrogen and oxygen atoms in total. The van der Waals surface area contributed by atoms with E-state index >= 15 is 0 Å². The van der Waals surface area contributed by atoms with Gasteiger partial charge in [0, 0.05) is 10.6 Å². The van der Waals surface area contributed by atoms with E-state index in [1.54, 1.807) is 36.4 Å². The molecular weight excluding hydrogens is 365 g/mol. The molecule has 2 rings (SSSR count). The maximum absolute atomic E-state index is 12.8. The minimum atomic E-state index is -0.931. The van der Waals surface area contributed by atoms with Gasteiger partial charge in [-0.05, 0) is 43.3 Å². The molecule has 1 amide bonds. The number of thioether (sulfide) groups is 1. The summed E-state index contributed by atoms with van der Waals surface area (Å²) in [5.74, 6) is -0.755. The first-order chi connectivity index (χ1) is 12.0. The third-order valence-electron chi connectivity index (χ3n) is 3.20. The Kier molecular flexibility index (Phi) is 7.28. The number of hydrogen-bond acceptors (Lipinski definition) is 4. The molecule has 0 aliphatic heterocycles. The van der Waals surface area contributed by atoms with Gasteiger partial charge in [0.1, 0.15) is 5.82 Å². The number of hydrogen-bond donors (Lipinski definition) is 1. The van der Waals surface area contributed by atoms with Gasteiger partial charge in [-0.25, -0.2) is 4.39 Å². The molecule has 0 bridgehead atoms. The highest BCUT2D eigenvalue weighted by Crippen LogP contribution is 2.21. The van der Waals surface area contributed by atoms with Gasteiger partial charge < -0.3 is 10.1 Å². The van der Waals surface area contributed by atoms with E-state index in [9.17, 15) is 14.0 Å². The van der Waals surface area contributed by atoms with Crippen molar-refractivity contribution in [2.24, 2.45) is 0 Å². The van der Waals surface area contributed by atoms with E-state index in [-0.39, 0.29) is 12.2 Å². The summed E-state index contributed by atoms with van der Waals surface area (Å²) in [7, 11) is 0. The summed E-state index contributed by atoms with van der Waals surface area (Å²) in [5.41, 5.74) is 0.462. The van der Waals surface area contributed by atoms with Gasteiger partial charge in [0.25, 0.3) is 5.91 Å². The van der Waals surface area contributed by atoms with Gasteiger partial charge in [0.05, 0.1) is 17.1 Å². The fourth-order valence-corrected chi connectivity index (χ4v) is 2.91. The third-order valence-corrected chi connectivity index (χ3v) is 4.54. The van der Waals surface area contributed by atoms with E-state index < -0.39 is 18.0 Å². The lowest BCUT2D eigenvalue weighted by molar-refractivity contribution is -0.152. The smallest absolute Gasteiger partial charge is 0.307 e. The van der Waals surface area contributed by atoms with Crippen LogP contribution in [0.5, 0.6) is 0 Å². The number of anilines is 1. The van der Waals surface area contributed by atoms with Gasteiger partial charge in [0.2, 0.25) is 0 Å². The van der Waals surface area contributed by atoms with Gasteiger partial charge >= 0.3 is 5.97 Å². The Balaban J connectivity index is 1.74. The first-order valence-electron chi connectivity index (χ1n) is 7.59. The first kappa shape index (κ1) is 19.3. The van der Waals surface area contributed by atoms with Crippen molar-refractivity contribution in [3.8, 4) is 0 Å². The minimum absolute atomic E-state index is 0.145. The van der Waals surface area contributed by atoms with Crippen molar-refractivity contribution in [2.75, 3.05) is 11.1 Å². The molecule has 1 atom stereocenters. The van der Waals surface area contributed by atoms with Crippen molar-refractivity contribution >= 4 is 40.9 Å². The van der Waals surface area contributed by atoms with Crippen LogP contribution in [0.4, 0.5) is 10.1 Å². The number of para-hydroxylation sites is 1. The summed E-state index contributed by atoms with van der Waals surface area (Å²) in [6, 6.07) is 12.8. The fourth-order valence-electron chi connectivity index (χ4n) is 1.89. The monoisotopic (exact) mass is 381 g/mol. The van der Waals surface area contributed by atoms with Crippen LogP contribution in [0.2, 0.25) is 5.02 Å². The summed E-state index contributed by atoms with van der Waals surface area (Å²) in [6.07, 6.45) is -0.786. The largest absolute Gasteiger partial charge is 0.453 e. The number of carbonyl (C=O) groups is 2. The standard InChI is InChI=1S/C18H17ClFNO3S/c1-12(18(23)21-16-5-3-2-4-15(16)19)24-17(22)10-11-25-14-8-6-13(20)7-9-14/h2-9,12H,10-11H2,1H3,(H,21,23)/t12-/m0/s1. The van der Waals surface area contributed by atoms with Crippen molar-refractivity contribution < 1.29 is 18.7 Å². The van der Waals surface area contributed by atoms with E-state index in [0.717, 1.165) is 4.90 Å². The van der Waals surface area contributed by atoms with Crippen LogP contribution in [-0.4, -0.2) is 23.7 Å². The van der Waals surface area contributed by atoms with Crippen LogP contribution in [0.15, 0.2) is 53.4 Å². The Hall–Kier alpha value is -2.05. The number of nitrogens with one attached hydrogen (secondary N) is 1. The van der Waals surface area contributed by atoms with E-state index in [1.807, 2.05) is 0 Å². The molecule has 0 radical (unpaired) electrons. The zero-order valence-electron chi connectivity index (χ0n) is 13.5. The third kappa shape index (κ3) is 6.40. The molecule has 25 heavy (non-hydrogen) atoms. The normalized spacial score (nSPS) is 11.6. The van der Waals surface area contributed by atoms with Crippen molar-refractivity contribution in [3.05, 3.63) is 59.4 Å². The summed E-state index contributed by atoms with van der Waals surface area (Å²) in [6.45, 7) is 1.50. The van der Waals surface area contributed by atoms with Crippen LogP contribution in [0.25, 0.3) is 0 Å². The maximum Gasteiger partial charge on any atom is 0.307 e. The summed E-state index contributed by atoms with van der Waals surface area (Å²) in [4.78, 5) is 24.7. The number of halogens is 2. The molecule has 0 aromatic heterocycles. The highest BCUT2D eigenvalue weighted by molar-refractivity contribution is 7.99. The van der Waals surface area contributed by atoms with Gasteiger partial charge in [-0.1, -0.05) is 23.7 Å². The van der Waals surface area contributed by atoms with Crippen LogP contribution in [0, 0.1) is 5.82 Å². The maximum atomic E-state index is 12.8. The molecule has 0 aliphatic rings. The van der Waals surface area contributed by atoms with Gasteiger partial charge in [-0.15, -0.1) is 11.8 Å². The quantitative estimate of drug-likeness (QED) is 0.565. The van der Waals surface area contributed by atoms with Crippen LogP contribution in [-0.2, 0) is 14.3 Å². The first-order valence-corrected chi connectivity index (χ1v) is 8.95. The SMILES string of the molecule is C[C@H](OC(=O)CCSc1ccc(F)cc1)C(=O)Nc1ccccc1Cl. The highest BCUT2D eigenvalue weighted by atomic mass is 35.5. The van der Waals surface area contributed by atoms with E-state index in [4.69, 9.17) is 16.3 Å². The lowest BCUT2D eigenvalue weighted by Crippen LogP contribution is -2.30. The van der Waals surface area contributed by atoms with Gasteiger partial charge in [0.15, 0.2) is 6.10 Å². The summed E-state index contributed by atoms with van der Waals surface area (Å²) < 4.78 is 17.9. The van der Waals surface area contributed by atoms with E-state index in [1.165, 1.54) is 30.8 Å². The molecule has 2 aromatic carbocycles. The van der Waals surface area contributed by atoms with Gasteiger partial charge in [-0.3, -0.25) is 9.59 Å². The summed E-state index contributed by atoms with van der Waals surface area (Å²) in [5, 5.41) is 3.02. The van der Waals surface area contributed by atoms with Crippen molar-refractivity contribution in [2.45, 2.75) is 24.3 Å². The zero-order valence-corrected chi connectivity index (χ0v) is 15.1. The Morgan fingerprint density at radius 3 is 2.56 bits per heavy atom. The molecule has 0 spiro atoms. The molecule has 0 saturated heterocycles. The molecule has 0 unspecified atom stereocenters. The topological polar surface area (TPSA) is 55.4 Å². The average Bonchev–Trinajstić information content (AvgIpc) is 2.58. The Bertz CT molecular complexity index is 739. The molecule has 0 heterocycles. The Morgan fingerprint density at radius 1 is 1.20 bits per heavy atom. The number of rotatable bonds is 7. The molecule has 132 valence electrons. The molecule has 2 aromatic rings. The number of esters is 1. The second-order valence-corrected chi connectivity index (χ2v) is 6.73. The van der Waals surface area contributed by atoms with E-state index in [2.05, 4.69) is 5.32 Å². The predicted octanol–water partition coefficient (Wildman–Crippen LogP) is 4.53. The lowest BCUT2D eigenvalue weighted by atomic mass is 10.3. The van der Waals surface area contributed by atoms with Crippen LogP contribution < -0.4 is 5.32 Å². The van der Waals surface area contributed by atoms with Crippen molar-refractivity contribution in [1.29, 1.82) is 0 Å². The second-order valence-electron chi connectivity index (χ2n) is 5.15. The fraction of sp³-hybridized carbons (Fsp3) is 0.222. The minimum Gasteiger partial charge on any atom is -0.453 e. The number of carbonyl (C=O) groups excluding carboxylic acids is 2. The molecule has 0 fully saturated rings. The van der Waals surface area contributed by atoms with Crippen molar-refractivity contribution in [1.82, 2.24) is 0 Å². The summed E-state index contributed by atoms with van der Waals surface area (Å²) >= 11 is 7.38. The molecular formula is C18H17ClFNO3S. The molecule has 0 aliphatic carbocycles.